The molecule has 0 saturated carbocycles. The van der Waals surface area contributed by atoms with E-state index >= 15 is 0 Å². The van der Waals surface area contributed by atoms with Gasteiger partial charge in [0.15, 0.2) is 0 Å². The maximum atomic E-state index is 13.7. The number of hydrogen-bond donors (Lipinski definition) is 0. The number of nitro groups is 1. The number of non-ortho nitro benzene ring substituents is 1. The maximum absolute atomic E-state index is 13.7. The number of piperazine rings is 1. The van der Waals surface area contributed by atoms with Crippen LogP contribution >= 0.6 is 0 Å². The Bertz CT molecular complexity index is 1470. The summed E-state index contributed by atoms with van der Waals surface area (Å²) in [6.45, 7) is 7.53. The molecule has 0 aliphatic carbocycles. The van der Waals surface area contributed by atoms with Crippen LogP contribution in [0.1, 0.15) is 26.0 Å². The normalized spacial score (nSPS) is 14.4. The number of aromatic nitrogens is 2. The number of pyridine rings is 1. The SMILES string of the molecule is CC(C)CC(=O)N1CCN(Cc2c(-c3ccc(F)cc3)nc3ccc(-c4cccc([N+](=O)[O-])c4)cn23)CC1. The van der Waals surface area contributed by atoms with Crippen LogP contribution in [0.25, 0.3) is 28.0 Å². The maximum Gasteiger partial charge on any atom is 0.270 e. The summed E-state index contributed by atoms with van der Waals surface area (Å²) in [6.07, 6.45) is 2.51. The fraction of sp³-hybridized carbons (Fsp3) is 0.310. The number of benzene rings is 2. The van der Waals surface area contributed by atoms with Crippen LogP contribution in [0.2, 0.25) is 0 Å². The molecular formula is C29H30FN5O3. The van der Waals surface area contributed by atoms with Crippen LogP contribution in [0.4, 0.5) is 10.1 Å². The monoisotopic (exact) mass is 515 g/mol. The van der Waals surface area contributed by atoms with Gasteiger partial charge in [-0.1, -0.05) is 26.0 Å². The van der Waals surface area contributed by atoms with Crippen molar-refractivity contribution in [1.82, 2.24) is 19.2 Å². The van der Waals surface area contributed by atoms with Gasteiger partial charge in [-0.25, -0.2) is 9.37 Å². The Hall–Kier alpha value is -4.11. The van der Waals surface area contributed by atoms with Gasteiger partial charge in [-0.2, -0.15) is 0 Å². The first-order valence-electron chi connectivity index (χ1n) is 12.8. The first-order chi connectivity index (χ1) is 18.3. The van der Waals surface area contributed by atoms with E-state index in [2.05, 4.69) is 18.7 Å². The van der Waals surface area contributed by atoms with E-state index in [-0.39, 0.29) is 17.4 Å². The van der Waals surface area contributed by atoms with Gasteiger partial charge >= 0.3 is 0 Å². The Balaban J connectivity index is 1.49. The lowest BCUT2D eigenvalue weighted by Gasteiger charge is -2.35. The number of nitro benzene ring substituents is 1. The topological polar surface area (TPSA) is 84.0 Å². The summed E-state index contributed by atoms with van der Waals surface area (Å²) in [5.74, 6) is 0.217. The molecule has 0 N–H and O–H groups in total. The molecule has 0 unspecified atom stereocenters. The van der Waals surface area contributed by atoms with Crippen LogP contribution < -0.4 is 0 Å². The Morgan fingerprint density at radius 3 is 2.39 bits per heavy atom. The highest BCUT2D eigenvalue weighted by Crippen LogP contribution is 2.30. The number of halogens is 1. The summed E-state index contributed by atoms with van der Waals surface area (Å²) in [5.41, 5.74) is 4.86. The molecule has 1 saturated heterocycles. The lowest BCUT2D eigenvalue weighted by atomic mass is 10.1. The molecule has 9 heteroatoms. The van der Waals surface area contributed by atoms with Crippen molar-refractivity contribution in [1.29, 1.82) is 0 Å². The first kappa shape index (κ1) is 25.5. The van der Waals surface area contributed by atoms with Crippen LogP contribution in [-0.4, -0.2) is 56.2 Å². The predicted molar refractivity (Wildman–Crippen MR) is 144 cm³/mol. The van der Waals surface area contributed by atoms with Gasteiger partial charge in [-0.15, -0.1) is 0 Å². The van der Waals surface area contributed by atoms with E-state index in [9.17, 15) is 19.3 Å². The van der Waals surface area contributed by atoms with Crippen molar-refractivity contribution in [2.75, 3.05) is 26.2 Å². The molecule has 5 rings (SSSR count). The van der Waals surface area contributed by atoms with E-state index in [0.29, 0.717) is 32.0 Å². The number of imidazole rings is 1. The van der Waals surface area contributed by atoms with Crippen molar-refractivity contribution in [3.05, 3.63) is 88.5 Å². The van der Waals surface area contributed by atoms with E-state index in [4.69, 9.17) is 4.98 Å². The number of carbonyl (C=O) groups is 1. The summed E-state index contributed by atoms with van der Waals surface area (Å²) < 4.78 is 15.7. The zero-order valence-corrected chi connectivity index (χ0v) is 21.5. The van der Waals surface area contributed by atoms with Crippen molar-refractivity contribution < 1.29 is 14.1 Å². The number of fused-ring (bicyclic) bond motifs is 1. The van der Waals surface area contributed by atoms with Gasteiger partial charge in [-0.05, 0) is 53.4 Å². The summed E-state index contributed by atoms with van der Waals surface area (Å²) in [5, 5.41) is 11.3. The molecule has 2 aromatic heterocycles. The van der Waals surface area contributed by atoms with Gasteiger partial charge < -0.3 is 9.30 Å². The van der Waals surface area contributed by atoms with Crippen LogP contribution in [-0.2, 0) is 11.3 Å². The zero-order valence-electron chi connectivity index (χ0n) is 21.5. The molecule has 0 atom stereocenters. The number of hydrogen-bond acceptors (Lipinski definition) is 5. The van der Waals surface area contributed by atoms with E-state index in [1.54, 1.807) is 24.3 Å². The number of rotatable bonds is 7. The molecule has 1 fully saturated rings. The molecule has 2 aromatic carbocycles. The second kappa shape index (κ2) is 10.7. The third-order valence-corrected chi connectivity index (χ3v) is 6.91. The molecule has 1 amide bonds. The molecule has 3 heterocycles. The molecular weight excluding hydrogens is 485 g/mol. The van der Waals surface area contributed by atoms with Crippen molar-refractivity contribution in [3.8, 4) is 22.4 Å². The molecule has 1 aliphatic rings. The highest BCUT2D eigenvalue weighted by molar-refractivity contribution is 5.76. The zero-order chi connectivity index (χ0) is 26.8. The fourth-order valence-electron chi connectivity index (χ4n) is 4.90. The molecule has 0 bridgehead atoms. The largest absolute Gasteiger partial charge is 0.340 e. The summed E-state index contributed by atoms with van der Waals surface area (Å²) >= 11 is 0. The molecule has 4 aromatic rings. The minimum Gasteiger partial charge on any atom is -0.340 e. The minimum atomic E-state index is -0.400. The number of carbonyl (C=O) groups excluding carboxylic acids is 1. The third kappa shape index (κ3) is 5.43. The number of nitrogens with zero attached hydrogens (tertiary/aromatic N) is 5. The molecule has 38 heavy (non-hydrogen) atoms. The van der Waals surface area contributed by atoms with E-state index < -0.39 is 4.92 Å². The molecule has 8 nitrogen and oxygen atoms in total. The first-order valence-corrected chi connectivity index (χ1v) is 12.8. The second-order valence-corrected chi connectivity index (χ2v) is 10.1. The molecule has 0 radical (unpaired) electrons. The van der Waals surface area contributed by atoms with Crippen LogP contribution in [0, 0.1) is 21.8 Å². The van der Waals surface area contributed by atoms with E-state index in [0.717, 1.165) is 46.8 Å². The van der Waals surface area contributed by atoms with Crippen LogP contribution in [0.15, 0.2) is 66.9 Å². The molecule has 1 aliphatic heterocycles. The van der Waals surface area contributed by atoms with Gasteiger partial charge in [0.05, 0.1) is 16.3 Å². The lowest BCUT2D eigenvalue weighted by Crippen LogP contribution is -2.48. The van der Waals surface area contributed by atoms with Gasteiger partial charge in [0.25, 0.3) is 5.69 Å². The highest BCUT2D eigenvalue weighted by Gasteiger charge is 2.24. The quantitative estimate of drug-likeness (QED) is 0.243. The van der Waals surface area contributed by atoms with Crippen molar-refractivity contribution in [2.24, 2.45) is 5.92 Å². The summed E-state index contributed by atoms with van der Waals surface area (Å²) in [4.78, 5) is 32.6. The predicted octanol–water partition coefficient (Wildman–Crippen LogP) is 5.41. The Kier molecular flexibility index (Phi) is 7.20. The van der Waals surface area contributed by atoms with Gasteiger partial charge in [0.1, 0.15) is 11.5 Å². The van der Waals surface area contributed by atoms with Crippen LogP contribution in [0.3, 0.4) is 0 Å². The van der Waals surface area contributed by atoms with Gasteiger partial charge in [-0.3, -0.25) is 19.8 Å². The summed E-state index contributed by atoms with van der Waals surface area (Å²) in [7, 11) is 0. The fourth-order valence-corrected chi connectivity index (χ4v) is 4.90. The average molecular weight is 516 g/mol. The van der Waals surface area contributed by atoms with Crippen LogP contribution in [0.5, 0.6) is 0 Å². The number of amides is 1. The van der Waals surface area contributed by atoms with Crippen molar-refractivity contribution in [3.63, 3.8) is 0 Å². The lowest BCUT2D eigenvalue weighted by molar-refractivity contribution is -0.384. The van der Waals surface area contributed by atoms with E-state index in [1.165, 1.54) is 18.2 Å². The summed E-state index contributed by atoms with van der Waals surface area (Å²) in [6, 6.07) is 16.7. The molecule has 0 spiro atoms. The Morgan fingerprint density at radius 1 is 1.00 bits per heavy atom. The minimum absolute atomic E-state index is 0.0327. The van der Waals surface area contributed by atoms with Crippen molar-refractivity contribution >= 4 is 17.2 Å². The average Bonchev–Trinajstić information content (AvgIpc) is 3.26. The Labute approximate surface area is 220 Å². The Morgan fingerprint density at radius 2 is 1.71 bits per heavy atom. The van der Waals surface area contributed by atoms with E-state index in [1.807, 2.05) is 33.7 Å². The van der Waals surface area contributed by atoms with Crippen molar-refractivity contribution in [2.45, 2.75) is 26.8 Å². The molecule has 196 valence electrons. The standard InChI is InChI=1S/C29H30FN5O3/c1-20(2)16-28(36)33-14-12-32(13-15-33)19-26-29(21-6-9-24(30)10-7-21)31-27-11-8-23(18-34(26)27)22-4-3-5-25(17-22)35(37)38/h3-11,17-18,20H,12-16,19H2,1-2H3. The van der Waals surface area contributed by atoms with Gasteiger partial charge in [0, 0.05) is 63.0 Å². The smallest absolute Gasteiger partial charge is 0.270 e. The second-order valence-electron chi connectivity index (χ2n) is 10.1. The van der Waals surface area contributed by atoms with Gasteiger partial charge in [0.2, 0.25) is 5.91 Å². The third-order valence-electron chi connectivity index (χ3n) is 6.91. The highest BCUT2D eigenvalue weighted by atomic mass is 19.1.